The molecule has 0 spiro atoms. The van der Waals surface area contributed by atoms with Crippen molar-refractivity contribution in [3.63, 3.8) is 0 Å². The molecule has 134 valence electrons. The maximum atomic E-state index is 12.1. The van der Waals surface area contributed by atoms with Crippen LogP contribution in [-0.4, -0.2) is 60.9 Å². The third-order valence-electron chi connectivity index (χ3n) is 4.83. The van der Waals surface area contributed by atoms with Crippen LogP contribution >= 0.6 is 0 Å². The molecule has 2 aliphatic rings. The lowest BCUT2D eigenvalue weighted by atomic mass is 9.99. The lowest BCUT2D eigenvalue weighted by molar-refractivity contribution is -0.129. The molecule has 3 rings (SSSR count). The molecule has 1 aromatic carbocycles. The van der Waals surface area contributed by atoms with Crippen LogP contribution in [0, 0.1) is 5.92 Å². The molecule has 2 aliphatic heterocycles. The minimum absolute atomic E-state index is 0.0231. The fraction of sp³-hybridized carbons (Fsp3) is 0.500. The molecule has 2 heterocycles. The topological polar surface area (TPSA) is 73.0 Å². The SMILES string of the molecule is CC1CCN(c2ccc(NC(=O)CN3C(=O)CN(C)C3=O)cc2)CC1. The van der Waals surface area contributed by atoms with Crippen LogP contribution in [0.4, 0.5) is 16.2 Å². The monoisotopic (exact) mass is 344 g/mol. The van der Waals surface area contributed by atoms with E-state index in [1.807, 2.05) is 24.3 Å². The normalized spacial score (nSPS) is 18.9. The first kappa shape index (κ1) is 17.3. The van der Waals surface area contributed by atoms with Crippen molar-refractivity contribution in [3.8, 4) is 0 Å². The van der Waals surface area contributed by atoms with Crippen LogP contribution in [0.1, 0.15) is 19.8 Å². The highest BCUT2D eigenvalue weighted by atomic mass is 16.2. The Morgan fingerprint density at radius 2 is 1.80 bits per heavy atom. The van der Waals surface area contributed by atoms with Gasteiger partial charge in [-0.05, 0) is 43.0 Å². The largest absolute Gasteiger partial charge is 0.372 e. The Balaban J connectivity index is 1.55. The number of hydrogen-bond acceptors (Lipinski definition) is 4. The fourth-order valence-corrected chi connectivity index (χ4v) is 3.19. The number of benzene rings is 1. The molecule has 7 nitrogen and oxygen atoms in total. The van der Waals surface area contributed by atoms with E-state index < -0.39 is 6.03 Å². The molecule has 4 amide bonds. The highest BCUT2D eigenvalue weighted by Crippen LogP contribution is 2.24. The van der Waals surface area contributed by atoms with E-state index in [-0.39, 0.29) is 24.9 Å². The van der Waals surface area contributed by atoms with Crippen molar-refractivity contribution >= 4 is 29.2 Å². The van der Waals surface area contributed by atoms with Gasteiger partial charge in [-0.2, -0.15) is 0 Å². The molecular formula is C18H24N4O3. The molecule has 7 heteroatoms. The molecule has 1 aromatic rings. The van der Waals surface area contributed by atoms with Gasteiger partial charge < -0.3 is 15.1 Å². The lowest BCUT2D eigenvalue weighted by Crippen LogP contribution is -2.38. The van der Waals surface area contributed by atoms with E-state index in [4.69, 9.17) is 0 Å². The maximum Gasteiger partial charge on any atom is 0.327 e. The number of amides is 4. The summed E-state index contributed by atoms with van der Waals surface area (Å²) >= 11 is 0. The molecule has 2 saturated heterocycles. The molecule has 0 saturated carbocycles. The summed E-state index contributed by atoms with van der Waals surface area (Å²) in [6, 6.07) is 7.25. The van der Waals surface area contributed by atoms with Gasteiger partial charge in [-0.1, -0.05) is 6.92 Å². The average Bonchev–Trinajstić information content (AvgIpc) is 2.83. The van der Waals surface area contributed by atoms with Crippen LogP contribution in [0.2, 0.25) is 0 Å². The Morgan fingerprint density at radius 1 is 1.16 bits per heavy atom. The number of rotatable bonds is 4. The summed E-state index contributed by atoms with van der Waals surface area (Å²) in [7, 11) is 1.54. The van der Waals surface area contributed by atoms with Crippen molar-refractivity contribution in [2.75, 3.05) is 43.4 Å². The molecule has 0 aliphatic carbocycles. The molecule has 0 radical (unpaired) electrons. The molecule has 0 bridgehead atoms. The predicted molar refractivity (Wildman–Crippen MR) is 95.4 cm³/mol. The second-order valence-electron chi connectivity index (χ2n) is 6.88. The molecule has 0 aromatic heterocycles. The number of urea groups is 1. The number of carbonyl (C=O) groups excluding carboxylic acids is 3. The zero-order chi connectivity index (χ0) is 18.0. The van der Waals surface area contributed by atoms with Gasteiger partial charge in [0, 0.05) is 31.5 Å². The predicted octanol–water partition coefficient (Wildman–Crippen LogP) is 1.76. The number of nitrogens with one attached hydrogen (secondary N) is 1. The summed E-state index contributed by atoms with van der Waals surface area (Å²) in [5.41, 5.74) is 1.81. The highest BCUT2D eigenvalue weighted by molar-refractivity contribution is 6.06. The standard InChI is InChI=1S/C18H24N4O3/c1-13-7-9-21(10-8-13)15-5-3-14(4-6-15)19-16(23)11-22-17(24)12-20(2)18(22)25/h3-6,13H,7-12H2,1-2H3,(H,19,23). The van der Waals surface area contributed by atoms with Gasteiger partial charge in [0.2, 0.25) is 5.91 Å². The van der Waals surface area contributed by atoms with E-state index in [1.165, 1.54) is 24.8 Å². The Bertz CT molecular complexity index is 665. The number of likely N-dealkylation sites (N-methyl/N-ethyl adjacent to an activating group) is 1. The quantitative estimate of drug-likeness (QED) is 0.845. The molecule has 1 N–H and O–H groups in total. The second-order valence-corrected chi connectivity index (χ2v) is 6.88. The van der Waals surface area contributed by atoms with Crippen LogP contribution in [0.15, 0.2) is 24.3 Å². The van der Waals surface area contributed by atoms with Crippen LogP contribution in [0.5, 0.6) is 0 Å². The van der Waals surface area contributed by atoms with E-state index in [1.54, 1.807) is 0 Å². The first-order chi connectivity index (χ1) is 11.9. The van der Waals surface area contributed by atoms with E-state index >= 15 is 0 Å². The smallest absolute Gasteiger partial charge is 0.327 e. The Kier molecular flexibility index (Phi) is 4.92. The summed E-state index contributed by atoms with van der Waals surface area (Å²) in [6.45, 7) is 4.16. The first-order valence-electron chi connectivity index (χ1n) is 8.64. The fourth-order valence-electron chi connectivity index (χ4n) is 3.19. The molecule has 0 unspecified atom stereocenters. The van der Waals surface area contributed by atoms with Gasteiger partial charge in [0.1, 0.15) is 13.1 Å². The Labute approximate surface area is 147 Å². The molecule has 0 atom stereocenters. The van der Waals surface area contributed by atoms with Gasteiger partial charge in [0.25, 0.3) is 5.91 Å². The number of anilines is 2. The minimum atomic E-state index is -0.435. The zero-order valence-corrected chi connectivity index (χ0v) is 14.7. The minimum Gasteiger partial charge on any atom is -0.372 e. The summed E-state index contributed by atoms with van der Waals surface area (Å²) in [4.78, 5) is 40.2. The second kappa shape index (κ2) is 7.13. The Hall–Kier alpha value is -2.57. The van der Waals surface area contributed by atoms with Gasteiger partial charge in [-0.25, -0.2) is 4.79 Å². The number of piperidine rings is 1. The third kappa shape index (κ3) is 3.92. The number of nitrogens with zero attached hydrogens (tertiary/aromatic N) is 3. The van der Waals surface area contributed by atoms with Crippen LogP contribution in [0.3, 0.4) is 0 Å². The van der Waals surface area contributed by atoms with Crippen LogP contribution in [-0.2, 0) is 9.59 Å². The maximum absolute atomic E-state index is 12.1. The van der Waals surface area contributed by atoms with Gasteiger partial charge in [0.15, 0.2) is 0 Å². The van der Waals surface area contributed by atoms with E-state index in [9.17, 15) is 14.4 Å². The average molecular weight is 344 g/mol. The van der Waals surface area contributed by atoms with Crippen molar-refractivity contribution in [3.05, 3.63) is 24.3 Å². The molecular weight excluding hydrogens is 320 g/mol. The number of imide groups is 1. The summed E-state index contributed by atoms with van der Waals surface area (Å²) in [5, 5.41) is 2.74. The summed E-state index contributed by atoms with van der Waals surface area (Å²) in [6.07, 6.45) is 2.40. The summed E-state index contributed by atoms with van der Waals surface area (Å²) < 4.78 is 0. The van der Waals surface area contributed by atoms with Crippen LogP contribution in [0.25, 0.3) is 0 Å². The van der Waals surface area contributed by atoms with E-state index in [0.29, 0.717) is 5.69 Å². The van der Waals surface area contributed by atoms with Gasteiger partial charge in [0.05, 0.1) is 0 Å². The zero-order valence-electron chi connectivity index (χ0n) is 14.7. The third-order valence-corrected chi connectivity index (χ3v) is 4.83. The number of carbonyl (C=O) groups is 3. The van der Waals surface area contributed by atoms with Crippen molar-refractivity contribution < 1.29 is 14.4 Å². The van der Waals surface area contributed by atoms with Crippen molar-refractivity contribution in [2.24, 2.45) is 5.92 Å². The number of hydrogen-bond donors (Lipinski definition) is 1. The molecule has 25 heavy (non-hydrogen) atoms. The van der Waals surface area contributed by atoms with Gasteiger partial charge in [-0.3, -0.25) is 14.5 Å². The lowest BCUT2D eigenvalue weighted by Gasteiger charge is -2.32. The first-order valence-corrected chi connectivity index (χ1v) is 8.64. The van der Waals surface area contributed by atoms with Crippen molar-refractivity contribution in [1.82, 2.24) is 9.80 Å². The van der Waals surface area contributed by atoms with E-state index in [2.05, 4.69) is 17.1 Å². The Morgan fingerprint density at radius 3 is 2.36 bits per heavy atom. The van der Waals surface area contributed by atoms with Crippen molar-refractivity contribution in [1.29, 1.82) is 0 Å². The molecule has 2 fully saturated rings. The summed E-state index contributed by atoms with van der Waals surface area (Å²) in [5.74, 6) is 0.0544. The van der Waals surface area contributed by atoms with Crippen molar-refractivity contribution in [2.45, 2.75) is 19.8 Å². The van der Waals surface area contributed by atoms with Gasteiger partial charge >= 0.3 is 6.03 Å². The van der Waals surface area contributed by atoms with E-state index in [0.717, 1.165) is 29.6 Å². The highest BCUT2D eigenvalue weighted by Gasteiger charge is 2.34. The van der Waals surface area contributed by atoms with Crippen LogP contribution < -0.4 is 10.2 Å². The van der Waals surface area contributed by atoms with Gasteiger partial charge in [-0.15, -0.1) is 0 Å².